The van der Waals surface area contributed by atoms with Crippen molar-refractivity contribution in [1.29, 1.82) is 0 Å². The molecule has 20 heavy (non-hydrogen) atoms. The van der Waals surface area contributed by atoms with Crippen LogP contribution >= 0.6 is 0 Å². The molecule has 0 spiro atoms. The molecule has 0 saturated heterocycles. The number of rotatable bonds is 7. The molecule has 1 N–H and O–H groups in total. The Morgan fingerprint density at radius 1 is 1.25 bits per heavy atom. The maximum atomic E-state index is 10.1. The van der Waals surface area contributed by atoms with Crippen molar-refractivity contribution in [3.05, 3.63) is 54.2 Å². The smallest absolute Gasteiger partial charge is 0.211 e. The van der Waals surface area contributed by atoms with Gasteiger partial charge >= 0.3 is 0 Å². The summed E-state index contributed by atoms with van der Waals surface area (Å²) >= 11 is 0. The largest absolute Gasteiger partial charge is 0.497 e. The van der Waals surface area contributed by atoms with Gasteiger partial charge in [0.25, 0.3) is 0 Å². The van der Waals surface area contributed by atoms with Gasteiger partial charge in [0, 0.05) is 0 Å². The van der Waals surface area contributed by atoms with E-state index >= 15 is 0 Å². The van der Waals surface area contributed by atoms with E-state index in [1.807, 2.05) is 12.1 Å². The fourth-order valence-corrected chi connectivity index (χ4v) is 2.26. The molecule has 0 bridgehead atoms. The van der Waals surface area contributed by atoms with E-state index in [4.69, 9.17) is 4.74 Å². The van der Waals surface area contributed by atoms with Crippen LogP contribution in [0.2, 0.25) is 0 Å². The van der Waals surface area contributed by atoms with Crippen LogP contribution in [-0.4, -0.2) is 13.5 Å². The number of nitrogens with one attached hydrogen (secondary N) is 1. The molecule has 2 rings (SSSR count). The maximum Gasteiger partial charge on any atom is 0.211 e. The molecule has 0 heterocycles. The topological polar surface area (TPSA) is 38.3 Å². The van der Waals surface area contributed by atoms with Gasteiger partial charge in [0.1, 0.15) is 5.75 Å². The van der Waals surface area contributed by atoms with E-state index in [-0.39, 0.29) is 0 Å². The van der Waals surface area contributed by atoms with Gasteiger partial charge in [0.2, 0.25) is 6.41 Å². The Morgan fingerprint density at radius 3 is 2.95 bits per heavy atom. The molecule has 0 unspecified atom stereocenters. The lowest BCUT2D eigenvalue weighted by Gasteiger charge is -2.08. The Morgan fingerprint density at radius 2 is 2.15 bits per heavy atom. The quantitative estimate of drug-likeness (QED) is 0.617. The summed E-state index contributed by atoms with van der Waals surface area (Å²) in [5, 5.41) is 5.00. The SMILES string of the molecule is COc1ccc2cccc(CCCC=CNC=O)c2c1. The first-order chi connectivity index (χ1) is 9.85. The Bertz CT molecular complexity index is 605. The number of fused-ring (bicyclic) bond motifs is 1. The molecule has 104 valence electrons. The molecule has 0 aliphatic carbocycles. The van der Waals surface area contributed by atoms with E-state index in [1.165, 1.54) is 16.3 Å². The van der Waals surface area contributed by atoms with Gasteiger partial charge in [-0.05, 0) is 53.9 Å². The molecule has 2 aromatic rings. The average Bonchev–Trinajstić information content (AvgIpc) is 2.50. The second kappa shape index (κ2) is 7.34. The highest BCUT2D eigenvalue weighted by Crippen LogP contribution is 2.25. The van der Waals surface area contributed by atoms with Crippen LogP contribution in [0.3, 0.4) is 0 Å². The molecule has 0 aliphatic heterocycles. The Hall–Kier alpha value is -2.29. The first-order valence-corrected chi connectivity index (χ1v) is 6.75. The number of methoxy groups -OCH3 is 1. The summed E-state index contributed by atoms with van der Waals surface area (Å²) in [6.45, 7) is 0. The number of hydrogen-bond donors (Lipinski definition) is 1. The van der Waals surface area contributed by atoms with Gasteiger partial charge in [-0.3, -0.25) is 4.79 Å². The van der Waals surface area contributed by atoms with Crippen LogP contribution in [0.4, 0.5) is 0 Å². The van der Waals surface area contributed by atoms with Crippen LogP contribution in [0.1, 0.15) is 18.4 Å². The number of aryl methyl sites for hydroxylation is 1. The third-order valence-corrected chi connectivity index (χ3v) is 3.28. The molecular weight excluding hydrogens is 250 g/mol. The van der Waals surface area contributed by atoms with Crippen LogP contribution in [0.15, 0.2) is 48.7 Å². The molecule has 0 fully saturated rings. The predicted octanol–water partition coefficient (Wildman–Crippen LogP) is 3.43. The lowest BCUT2D eigenvalue weighted by Crippen LogP contribution is -1.98. The molecule has 0 atom stereocenters. The molecule has 0 aliphatic rings. The Balaban J connectivity index is 2.07. The van der Waals surface area contributed by atoms with Crippen LogP contribution in [0, 0.1) is 0 Å². The lowest BCUT2D eigenvalue weighted by molar-refractivity contribution is -0.108. The molecule has 0 aromatic heterocycles. The van der Waals surface area contributed by atoms with E-state index in [9.17, 15) is 4.79 Å². The minimum Gasteiger partial charge on any atom is -0.497 e. The van der Waals surface area contributed by atoms with Gasteiger partial charge in [-0.2, -0.15) is 0 Å². The zero-order chi connectivity index (χ0) is 14.2. The van der Waals surface area contributed by atoms with Crippen molar-refractivity contribution in [2.45, 2.75) is 19.3 Å². The highest BCUT2D eigenvalue weighted by Gasteiger charge is 2.02. The number of benzene rings is 2. The standard InChI is InChI=1S/C17H19NO2/c1-20-16-10-9-15-8-5-7-14(17(15)12-16)6-3-2-4-11-18-13-19/h4-5,7-13H,2-3,6H2,1H3,(H,18,19). The van der Waals surface area contributed by atoms with Crippen molar-refractivity contribution < 1.29 is 9.53 Å². The lowest BCUT2D eigenvalue weighted by atomic mass is 10.00. The number of unbranched alkanes of at least 4 members (excludes halogenated alkanes) is 1. The molecule has 3 heteroatoms. The monoisotopic (exact) mass is 269 g/mol. The van der Waals surface area contributed by atoms with Crippen molar-refractivity contribution in [1.82, 2.24) is 5.32 Å². The van der Waals surface area contributed by atoms with E-state index in [0.717, 1.165) is 25.0 Å². The summed E-state index contributed by atoms with van der Waals surface area (Å²) in [4.78, 5) is 10.1. The molecule has 2 aromatic carbocycles. The van der Waals surface area contributed by atoms with Crippen molar-refractivity contribution in [3.8, 4) is 5.75 Å². The second-order valence-electron chi connectivity index (χ2n) is 4.58. The minimum atomic E-state index is 0.674. The zero-order valence-corrected chi connectivity index (χ0v) is 11.6. The average molecular weight is 269 g/mol. The van der Waals surface area contributed by atoms with Crippen LogP contribution in [-0.2, 0) is 11.2 Å². The third-order valence-electron chi connectivity index (χ3n) is 3.28. The number of ether oxygens (including phenoxy) is 1. The van der Waals surface area contributed by atoms with Crippen LogP contribution < -0.4 is 10.1 Å². The number of hydrogen-bond acceptors (Lipinski definition) is 2. The zero-order valence-electron chi connectivity index (χ0n) is 11.6. The minimum absolute atomic E-state index is 0.674. The van der Waals surface area contributed by atoms with Crippen LogP contribution in [0.5, 0.6) is 5.75 Å². The highest BCUT2D eigenvalue weighted by atomic mass is 16.5. The molecule has 0 radical (unpaired) electrons. The van der Waals surface area contributed by atoms with Gasteiger partial charge in [-0.25, -0.2) is 0 Å². The summed E-state index contributed by atoms with van der Waals surface area (Å²) in [5.74, 6) is 0.889. The van der Waals surface area contributed by atoms with Crippen molar-refractivity contribution in [3.63, 3.8) is 0 Å². The number of allylic oxidation sites excluding steroid dienone is 1. The molecular formula is C17H19NO2. The normalized spacial score (nSPS) is 10.8. The Labute approximate surface area is 119 Å². The van der Waals surface area contributed by atoms with E-state index in [0.29, 0.717) is 6.41 Å². The number of carbonyl (C=O) groups is 1. The predicted molar refractivity (Wildman–Crippen MR) is 81.8 cm³/mol. The van der Waals surface area contributed by atoms with Crippen molar-refractivity contribution in [2.75, 3.05) is 7.11 Å². The van der Waals surface area contributed by atoms with Gasteiger partial charge in [-0.15, -0.1) is 0 Å². The van der Waals surface area contributed by atoms with Gasteiger partial charge < -0.3 is 10.1 Å². The molecule has 0 saturated carbocycles. The summed E-state index contributed by atoms with van der Waals surface area (Å²) in [6, 6.07) is 12.5. The number of amides is 1. The maximum absolute atomic E-state index is 10.1. The van der Waals surface area contributed by atoms with E-state index < -0.39 is 0 Å². The fourth-order valence-electron chi connectivity index (χ4n) is 2.26. The van der Waals surface area contributed by atoms with Crippen LogP contribution in [0.25, 0.3) is 10.8 Å². The van der Waals surface area contributed by atoms with Crippen molar-refractivity contribution >= 4 is 17.2 Å². The summed E-state index contributed by atoms with van der Waals surface area (Å²) in [7, 11) is 1.69. The molecule has 3 nitrogen and oxygen atoms in total. The second-order valence-corrected chi connectivity index (χ2v) is 4.58. The van der Waals surface area contributed by atoms with E-state index in [2.05, 4.69) is 35.6 Å². The first-order valence-electron chi connectivity index (χ1n) is 6.75. The Kier molecular flexibility index (Phi) is 5.18. The first kappa shape index (κ1) is 14.1. The third kappa shape index (κ3) is 3.60. The highest BCUT2D eigenvalue weighted by molar-refractivity contribution is 5.87. The van der Waals surface area contributed by atoms with Gasteiger partial charge in [0.15, 0.2) is 0 Å². The summed E-state index contributed by atoms with van der Waals surface area (Å²) in [5.41, 5.74) is 1.33. The summed E-state index contributed by atoms with van der Waals surface area (Å²) < 4.78 is 5.29. The van der Waals surface area contributed by atoms with Gasteiger partial charge in [0.05, 0.1) is 7.11 Å². The van der Waals surface area contributed by atoms with Gasteiger partial charge in [-0.1, -0.05) is 30.3 Å². The van der Waals surface area contributed by atoms with Crippen molar-refractivity contribution in [2.24, 2.45) is 0 Å². The number of carbonyl (C=O) groups excluding carboxylic acids is 1. The summed E-state index contributed by atoms with van der Waals surface area (Å²) in [6.07, 6.45) is 7.33. The molecule has 1 amide bonds. The van der Waals surface area contributed by atoms with E-state index in [1.54, 1.807) is 13.3 Å². The fraction of sp³-hybridized carbons (Fsp3) is 0.235.